The highest BCUT2D eigenvalue weighted by Gasteiger charge is 2.10. The monoisotopic (exact) mass is 204 g/mol. The van der Waals surface area contributed by atoms with Crippen molar-refractivity contribution in [3.05, 3.63) is 35.4 Å². The topological polar surface area (TPSA) is 59.0 Å². The normalized spacial score (nSPS) is 11.1. The molecular formula is C12H16N2O. The second kappa shape index (κ2) is 4.92. The van der Waals surface area contributed by atoms with Gasteiger partial charge in [-0.1, -0.05) is 18.2 Å². The Labute approximate surface area is 90.5 Å². The molecule has 0 aliphatic carbocycles. The molecule has 1 aromatic carbocycles. The van der Waals surface area contributed by atoms with Gasteiger partial charge in [0.2, 0.25) is 0 Å². The van der Waals surface area contributed by atoms with Crippen LogP contribution in [0.1, 0.15) is 25.0 Å². The zero-order chi connectivity index (χ0) is 11.3. The molecule has 0 saturated carbocycles. The van der Waals surface area contributed by atoms with Gasteiger partial charge in [-0.25, -0.2) is 0 Å². The molecule has 0 aliphatic heterocycles. The lowest BCUT2D eigenvalue weighted by atomic mass is 10.1. The van der Waals surface area contributed by atoms with Crippen molar-refractivity contribution in [1.29, 1.82) is 5.26 Å². The molecule has 0 amide bonds. The van der Waals surface area contributed by atoms with E-state index in [2.05, 4.69) is 6.07 Å². The number of nitrogens with two attached hydrogens (primary N) is 1. The second-order valence-corrected chi connectivity index (χ2v) is 4.25. The van der Waals surface area contributed by atoms with E-state index in [1.807, 2.05) is 32.0 Å². The van der Waals surface area contributed by atoms with Gasteiger partial charge in [0.05, 0.1) is 24.8 Å². The Morgan fingerprint density at radius 1 is 1.40 bits per heavy atom. The van der Waals surface area contributed by atoms with Crippen LogP contribution >= 0.6 is 0 Å². The highest BCUT2D eigenvalue weighted by atomic mass is 16.5. The van der Waals surface area contributed by atoms with E-state index < -0.39 is 0 Å². The fourth-order valence-corrected chi connectivity index (χ4v) is 1.18. The average molecular weight is 204 g/mol. The fourth-order valence-electron chi connectivity index (χ4n) is 1.18. The highest BCUT2D eigenvalue weighted by Crippen LogP contribution is 2.09. The van der Waals surface area contributed by atoms with Gasteiger partial charge in [0.1, 0.15) is 0 Å². The molecule has 1 rings (SSSR count). The number of rotatable bonds is 4. The average Bonchev–Trinajstić information content (AvgIpc) is 2.16. The van der Waals surface area contributed by atoms with Crippen molar-refractivity contribution in [2.45, 2.75) is 26.0 Å². The van der Waals surface area contributed by atoms with Crippen molar-refractivity contribution in [3.63, 3.8) is 0 Å². The van der Waals surface area contributed by atoms with Gasteiger partial charge < -0.3 is 10.5 Å². The first-order chi connectivity index (χ1) is 7.03. The molecular weight excluding hydrogens is 188 g/mol. The number of nitrogens with zero attached hydrogens (tertiary/aromatic N) is 1. The van der Waals surface area contributed by atoms with Crippen LogP contribution in [0, 0.1) is 11.3 Å². The zero-order valence-electron chi connectivity index (χ0n) is 9.16. The summed E-state index contributed by atoms with van der Waals surface area (Å²) in [6, 6.07) is 9.55. The quantitative estimate of drug-likeness (QED) is 0.813. The molecule has 0 radical (unpaired) electrons. The summed E-state index contributed by atoms with van der Waals surface area (Å²) in [6.07, 6.45) is 0. The van der Waals surface area contributed by atoms with Gasteiger partial charge >= 0.3 is 0 Å². The molecule has 0 bridgehead atoms. The minimum absolute atomic E-state index is 0.332. The standard InChI is InChI=1S/C12H16N2O/c1-12(2,14)9-15-8-11-6-4-3-5-10(11)7-13/h3-6H,8-9,14H2,1-2H3. The molecule has 0 heterocycles. The van der Waals surface area contributed by atoms with E-state index in [1.54, 1.807) is 6.07 Å². The van der Waals surface area contributed by atoms with Crippen molar-refractivity contribution < 1.29 is 4.74 Å². The molecule has 0 aliphatic rings. The first-order valence-electron chi connectivity index (χ1n) is 4.87. The van der Waals surface area contributed by atoms with Crippen molar-refractivity contribution in [2.24, 2.45) is 5.73 Å². The molecule has 2 N–H and O–H groups in total. The summed E-state index contributed by atoms with van der Waals surface area (Å²) in [5, 5.41) is 8.85. The Hall–Kier alpha value is -1.37. The molecule has 3 heteroatoms. The summed E-state index contributed by atoms with van der Waals surface area (Å²) < 4.78 is 5.45. The van der Waals surface area contributed by atoms with E-state index in [0.29, 0.717) is 18.8 Å². The summed E-state index contributed by atoms with van der Waals surface area (Å²) >= 11 is 0. The molecule has 3 nitrogen and oxygen atoms in total. The predicted molar refractivity (Wildman–Crippen MR) is 59.1 cm³/mol. The Morgan fingerprint density at radius 2 is 2.07 bits per heavy atom. The van der Waals surface area contributed by atoms with Crippen LogP contribution in [0.3, 0.4) is 0 Å². The van der Waals surface area contributed by atoms with Crippen LogP contribution in [0.2, 0.25) is 0 Å². The van der Waals surface area contributed by atoms with Gasteiger partial charge in [0.15, 0.2) is 0 Å². The van der Waals surface area contributed by atoms with Gasteiger partial charge in [-0.3, -0.25) is 0 Å². The van der Waals surface area contributed by atoms with Gasteiger partial charge in [-0.15, -0.1) is 0 Å². The maximum atomic E-state index is 8.85. The van der Waals surface area contributed by atoms with Crippen molar-refractivity contribution >= 4 is 0 Å². The maximum absolute atomic E-state index is 8.85. The van der Waals surface area contributed by atoms with Crippen molar-refractivity contribution in [3.8, 4) is 6.07 Å². The Balaban J connectivity index is 2.55. The Morgan fingerprint density at radius 3 is 2.67 bits per heavy atom. The number of hydrogen-bond acceptors (Lipinski definition) is 3. The van der Waals surface area contributed by atoms with Crippen LogP contribution in [-0.4, -0.2) is 12.1 Å². The van der Waals surface area contributed by atoms with Gasteiger partial charge in [-0.05, 0) is 25.5 Å². The van der Waals surface area contributed by atoms with Gasteiger partial charge in [0, 0.05) is 5.54 Å². The molecule has 1 aromatic rings. The lowest BCUT2D eigenvalue weighted by Gasteiger charge is -2.18. The molecule has 0 unspecified atom stereocenters. The maximum Gasteiger partial charge on any atom is 0.0995 e. The predicted octanol–water partition coefficient (Wildman–Crippen LogP) is 1.81. The lowest BCUT2D eigenvalue weighted by molar-refractivity contribution is 0.0849. The van der Waals surface area contributed by atoms with E-state index in [0.717, 1.165) is 5.56 Å². The van der Waals surface area contributed by atoms with Gasteiger partial charge in [0.25, 0.3) is 0 Å². The third kappa shape index (κ3) is 4.11. The third-order valence-electron chi connectivity index (χ3n) is 1.87. The Kier molecular flexibility index (Phi) is 3.84. The van der Waals surface area contributed by atoms with Gasteiger partial charge in [-0.2, -0.15) is 5.26 Å². The molecule has 15 heavy (non-hydrogen) atoms. The highest BCUT2D eigenvalue weighted by molar-refractivity contribution is 5.36. The van der Waals surface area contributed by atoms with Crippen LogP contribution in [0.25, 0.3) is 0 Å². The summed E-state index contributed by atoms with van der Waals surface area (Å²) in [7, 11) is 0. The first kappa shape index (κ1) is 11.7. The van der Waals surface area contributed by atoms with E-state index in [4.69, 9.17) is 15.7 Å². The molecule has 80 valence electrons. The fraction of sp³-hybridized carbons (Fsp3) is 0.417. The number of nitriles is 1. The molecule has 0 aromatic heterocycles. The second-order valence-electron chi connectivity index (χ2n) is 4.25. The third-order valence-corrected chi connectivity index (χ3v) is 1.87. The molecule has 0 spiro atoms. The number of benzene rings is 1. The minimum Gasteiger partial charge on any atom is -0.375 e. The first-order valence-corrected chi connectivity index (χ1v) is 4.87. The van der Waals surface area contributed by atoms with E-state index >= 15 is 0 Å². The molecule has 0 fully saturated rings. The van der Waals surface area contributed by atoms with E-state index in [1.165, 1.54) is 0 Å². The Bertz CT molecular complexity index is 361. The van der Waals surface area contributed by atoms with Crippen LogP contribution in [-0.2, 0) is 11.3 Å². The lowest BCUT2D eigenvalue weighted by Crippen LogP contribution is -2.37. The zero-order valence-corrected chi connectivity index (χ0v) is 9.16. The van der Waals surface area contributed by atoms with Crippen LogP contribution in [0.4, 0.5) is 0 Å². The van der Waals surface area contributed by atoms with Crippen LogP contribution in [0.15, 0.2) is 24.3 Å². The number of ether oxygens (including phenoxy) is 1. The molecule has 0 saturated heterocycles. The minimum atomic E-state index is -0.332. The molecule has 0 atom stereocenters. The van der Waals surface area contributed by atoms with E-state index in [-0.39, 0.29) is 5.54 Å². The summed E-state index contributed by atoms with van der Waals surface area (Å²) in [4.78, 5) is 0. The van der Waals surface area contributed by atoms with Crippen LogP contribution in [0.5, 0.6) is 0 Å². The summed E-state index contributed by atoms with van der Waals surface area (Å²) in [5.74, 6) is 0. The smallest absolute Gasteiger partial charge is 0.0995 e. The summed E-state index contributed by atoms with van der Waals surface area (Å²) in [5.41, 5.74) is 7.01. The summed E-state index contributed by atoms with van der Waals surface area (Å²) in [6.45, 7) is 4.73. The number of hydrogen-bond donors (Lipinski definition) is 1. The van der Waals surface area contributed by atoms with Crippen molar-refractivity contribution in [2.75, 3.05) is 6.61 Å². The SMILES string of the molecule is CC(C)(N)COCc1ccccc1C#N. The largest absolute Gasteiger partial charge is 0.375 e. The van der Waals surface area contributed by atoms with Crippen molar-refractivity contribution in [1.82, 2.24) is 0 Å². The van der Waals surface area contributed by atoms with Crippen LogP contribution < -0.4 is 5.73 Å². The van der Waals surface area contributed by atoms with E-state index in [9.17, 15) is 0 Å².